The van der Waals surface area contributed by atoms with Gasteiger partial charge in [-0.1, -0.05) is 0 Å². The van der Waals surface area contributed by atoms with Crippen molar-refractivity contribution in [2.45, 2.75) is 6.54 Å². The predicted molar refractivity (Wildman–Crippen MR) is 65.0 cm³/mol. The maximum Gasteiger partial charge on any atom is 0.335 e. The van der Waals surface area contributed by atoms with Gasteiger partial charge in [0.1, 0.15) is 6.54 Å². The monoisotopic (exact) mass is 263 g/mol. The summed E-state index contributed by atoms with van der Waals surface area (Å²) in [5, 5.41) is 8.85. The number of aromatic carboxylic acids is 1. The Labute approximate surface area is 105 Å². The molecular formula is C11H9N3O5. The van der Waals surface area contributed by atoms with Crippen LogP contribution in [0.2, 0.25) is 0 Å². The number of nitrogens with zero attached hydrogens (tertiary/aromatic N) is 1. The number of carboxylic acids is 1. The van der Waals surface area contributed by atoms with Crippen LogP contribution in [0.15, 0.2) is 27.8 Å². The zero-order chi connectivity index (χ0) is 14.2. The quantitative estimate of drug-likeness (QED) is 0.602. The van der Waals surface area contributed by atoms with Crippen LogP contribution in [0.25, 0.3) is 11.0 Å². The molecule has 0 saturated carbocycles. The van der Waals surface area contributed by atoms with Crippen molar-refractivity contribution in [3.63, 3.8) is 0 Å². The van der Waals surface area contributed by atoms with Crippen LogP contribution < -0.4 is 16.9 Å². The van der Waals surface area contributed by atoms with Gasteiger partial charge in [-0.15, -0.1) is 0 Å². The van der Waals surface area contributed by atoms with Gasteiger partial charge in [0.05, 0.1) is 16.6 Å². The third-order valence-electron chi connectivity index (χ3n) is 2.54. The maximum absolute atomic E-state index is 11.6. The van der Waals surface area contributed by atoms with E-state index in [0.29, 0.717) is 0 Å². The molecule has 0 saturated heterocycles. The molecule has 1 heterocycles. The highest BCUT2D eigenvalue weighted by Crippen LogP contribution is 2.11. The molecular weight excluding hydrogens is 254 g/mol. The summed E-state index contributed by atoms with van der Waals surface area (Å²) in [6.45, 7) is -0.453. The van der Waals surface area contributed by atoms with E-state index in [1.807, 2.05) is 0 Å². The summed E-state index contributed by atoms with van der Waals surface area (Å²) in [5.41, 5.74) is 3.46. The first-order valence-corrected chi connectivity index (χ1v) is 5.18. The highest BCUT2D eigenvalue weighted by molar-refractivity contribution is 5.92. The first-order valence-electron chi connectivity index (χ1n) is 5.18. The van der Waals surface area contributed by atoms with Crippen LogP contribution in [0.5, 0.6) is 0 Å². The van der Waals surface area contributed by atoms with Crippen LogP contribution in [0, 0.1) is 0 Å². The standard InChI is InChI=1S/C11H9N3O5/c12-8(15)4-14-7-2-1-5(11(18)19)3-6(7)13-9(16)10(14)17/h1-3H,4H2,(H2,12,15)(H,13,16)(H,18,19). The minimum absolute atomic E-state index is 0.0487. The molecule has 0 aliphatic carbocycles. The van der Waals surface area contributed by atoms with Gasteiger partial charge in [-0.05, 0) is 18.2 Å². The zero-order valence-corrected chi connectivity index (χ0v) is 9.54. The molecule has 2 rings (SSSR count). The second kappa shape index (κ2) is 4.41. The van der Waals surface area contributed by atoms with Crippen LogP contribution in [0.4, 0.5) is 0 Å². The van der Waals surface area contributed by atoms with E-state index in [0.717, 1.165) is 4.57 Å². The lowest BCUT2D eigenvalue weighted by molar-refractivity contribution is -0.118. The number of amides is 1. The van der Waals surface area contributed by atoms with Gasteiger partial charge in [0.2, 0.25) is 5.91 Å². The number of primary amides is 1. The Morgan fingerprint density at radius 3 is 2.58 bits per heavy atom. The topological polar surface area (TPSA) is 135 Å². The van der Waals surface area contributed by atoms with E-state index in [1.54, 1.807) is 0 Å². The Morgan fingerprint density at radius 2 is 2.00 bits per heavy atom. The summed E-state index contributed by atoms with van der Waals surface area (Å²) < 4.78 is 0.905. The first kappa shape index (κ1) is 12.6. The largest absolute Gasteiger partial charge is 0.478 e. The first-order chi connectivity index (χ1) is 8.90. The Bertz CT molecular complexity index is 802. The molecule has 19 heavy (non-hydrogen) atoms. The molecule has 4 N–H and O–H groups in total. The molecule has 0 radical (unpaired) electrons. The van der Waals surface area contributed by atoms with Gasteiger partial charge < -0.3 is 15.8 Å². The van der Waals surface area contributed by atoms with Gasteiger partial charge >= 0.3 is 17.1 Å². The van der Waals surface area contributed by atoms with E-state index in [-0.39, 0.29) is 16.6 Å². The number of aromatic amines is 1. The Balaban J connectivity index is 2.83. The van der Waals surface area contributed by atoms with Crippen molar-refractivity contribution in [2.75, 3.05) is 0 Å². The molecule has 0 fully saturated rings. The number of hydrogen-bond acceptors (Lipinski definition) is 4. The number of nitrogens with two attached hydrogens (primary N) is 1. The van der Waals surface area contributed by atoms with Crippen LogP contribution in [0.1, 0.15) is 10.4 Å². The molecule has 8 heteroatoms. The minimum atomic E-state index is -1.17. The number of fused-ring (bicyclic) bond motifs is 1. The Hall–Kier alpha value is -2.90. The fourth-order valence-electron chi connectivity index (χ4n) is 1.73. The van der Waals surface area contributed by atoms with Crippen molar-refractivity contribution in [1.29, 1.82) is 0 Å². The fraction of sp³-hybridized carbons (Fsp3) is 0.0909. The zero-order valence-electron chi connectivity index (χ0n) is 9.54. The van der Waals surface area contributed by atoms with Crippen molar-refractivity contribution in [3.8, 4) is 0 Å². The molecule has 1 aromatic heterocycles. The number of carboxylic acid groups (broad SMARTS) is 1. The second-order valence-corrected chi connectivity index (χ2v) is 3.85. The van der Waals surface area contributed by atoms with Gasteiger partial charge in [0.15, 0.2) is 0 Å². The average molecular weight is 263 g/mol. The molecule has 1 aromatic carbocycles. The van der Waals surface area contributed by atoms with Gasteiger partial charge in [-0.25, -0.2) is 4.79 Å². The predicted octanol–water partition coefficient (Wildman–Crippen LogP) is -1.13. The number of hydrogen-bond donors (Lipinski definition) is 3. The number of H-pyrrole nitrogens is 1. The van der Waals surface area contributed by atoms with Crippen molar-refractivity contribution in [1.82, 2.24) is 9.55 Å². The van der Waals surface area contributed by atoms with Crippen LogP contribution in [-0.4, -0.2) is 26.5 Å². The molecule has 0 aliphatic rings. The van der Waals surface area contributed by atoms with E-state index in [2.05, 4.69) is 4.98 Å². The summed E-state index contributed by atoms with van der Waals surface area (Å²) in [4.78, 5) is 47.1. The van der Waals surface area contributed by atoms with Crippen molar-refractivity contribution in [2.24, 2.45) is 5.73 Å². The average Bonchev–Trinajstić information content (AvgIpc) is 2.33. The van der Waals surface area contributed by atoms with Crippen molar-refractivity contribution in [3.05, 3.63) is 44.5 Å². The third-order valence-corrected chi connectivity index (χ3v) is 2.54. The SMILES string of the molecule is NC(=O)Cn1c(=O)c(=O)[nH]c2cc(C(=O)O)ccc21. The summed E-state index contributed by atoms with van der Waals surface area (Å²) in [7, 11) is 0. The minimum Gasteiger partial charge on any atom is -0.478 e. The van der Waals surface area contributed by atoms with E-state index >= 15 is 0 Å². The van der Waals surface area contributed by atoms with Gasteiger partial charge in [0.25, 0.3) is 0 Å². The third kappa shape index (κ3) is 2.23. The molecule has 8 nitrogen and oxygen atoms in total. The van der Waals surface area contributed by atoms with E-state index in [1.165, 1.54) is 18.2 Å². The number of benzene rings is 1. The number of aromatic nitrogens is 2. The van der Waals surface area contributed by atoms with Crippen LogP contribution in [-0.2, 0) is 11.3 Å². The van der Waals surface area contributed by atoms with Gasteiger partial charge in [0, 0.05) is 0 Å². The molecule has 1 amide bonds. The summed E-state index contributed by atoms with van der Waals surface area (Å²) in [6.07, 6.45) is 0. The summed E-state index contributed by atoms with van der Waals surface area (Å²) >= 11 is 0. The molecule has 98 valence electrons. The Kier molecular flexibility index (Phi) is 2.91. The molecule has 2 aromatic rings. The lowest BCUT2D eigenvalue weighted by Crippen LogP contribution is -2.39. The normalized spacial score (nSPS) is 10.5. The second-order valence-electron chi connectivity index (χ2n) is 3.85. The summed E-state index contributed by atoms with van der Waals surface area (Å²) in [5.74, 6) is -1.95. The molecule has 0 aliphatic heterocycles. The van der Waals surface area contributed by atoms with Crippen LogP contribution in [0.3, 0.4) is 0 Å². The molecule has 0 bridgehead atoms. The van der Waals surface area contributed by atoms with Crippen molar-refractivity contribution < 1.29 is 14.7 Å². The maximum atomic E-state index is 11.6. The highest BCUT2D eigenvalue weighted by atomic mass is 16.4. The van der Waals surface area contributed by atoms with E-state index in [9.17, 15) is 19.2 Å². The molecule has 0 atom stereocenters. The Morgan fingerprint density at radius 1 is 1.32 bits per heavy atom. The van der Waals surface area contributed by atoms with E-state index in [4.69, 9.17) is 10.8 Å². The smallest absolute Gasteiger partial charge is 0.335 e. The van der Waals surface area contributed by atoms with E-state index < -0.39 is 29.5 Å². The lowest BCUT2D eigenvalue weighted by Gasteiger charge is -2.07. The van der Waals surface area contributed by atoms with Crippen LogP contribution >= 0.6 is 0 Å². The van der Waals surface area contributed by atoms with Crippen molar-refractivity contribution >= 4 is 22.9 Å². The molecule has 0 spiro atoms. The number of nitrogens with one attached hydrogen (secondary N) is 1. The molecule has 0 unspecified atom stereocenters. The lowest BCUT2D eigenvalue weighted by atomic mass is 10.2. The van der Waals surface area contributed by atoms with Gasteiger partial charge in [-0.3, -0.25) is 19.0 Å². The number of carbonyl (C=O) groups is 2. The highest BCUT2D eigenvalue weighted by Gasteiger charge is 2.11. The number of carbonyl (C=O) groups excluding carboxylic acids is 1. The summed E-state index contributed by atoms with van der Waals surface area (Å²) in [6, 6.07) is 3.80. The fourth-order valence-corrected chi connectivity index (χ4v) is 1.73. The van der Waals surface area contributed by atoms with Gasteiger partial charge in [-0.2, -0.15) is 0 Å². The number of rotatable bonds is 3.